The van der Waals surface area contributed by atoms with E-state index in [1.807, 2.05) is 0 Å². The third kappa shape index (κ3) is 3.65. The van der Waals surface area contributed by atoms with Crippen LogP contribution in [0.1, 0.15) is 34.1 Å². The van der Waals surface area contributed by atoms with Crippen molar-refractivity contribution in [1.29, 1.82) is 0 Å². The highest BCUT2D eigenvalue weighted by atomic mass is 16.6. The van der Waals surface area contributed by atoms with E-state index in [9.17, 15) is 24.5 Å². The molecule has 21 heavy (non-hydrogen) atoms. The lowest BCUT2D eigenvalue weighted by Crippen LogP contribution is -2.43. The van der Waals surface area contributed by atoms with E-state index in [-0.39, 0.29) is 12.3 Å². The number of rotatable bonds is 5. The summed E-state index contributed by atoms with van der Waals surface area (Å²) in [6.45, 7) is 6.54. The first kappa shape index (κ1) is 16.8. The minimum Gasteiger partial charge on any atom is -0.297 e. The summed E-state index contributed by atoms with van der Waals surface area (Å²) in [6, 6.07) is 0. The van der Waals surface area contributed by atoms with Crippen molar-refractivity contribution in [1.82, 2.24) is 9.13 Å². The maximum Gasteiger partial charge on any atom is 0.350 e. The number of hydrogen-bond acceptors (Lipinski definition) is 5. The van der Waals surface area contributed by atoms with Gasteiger partial charge in [0.1, 0.15) is 0 Å². The molecule has 0 aromatic carbocycles. The number of carbonyl (C=O) groups excluding carboxylic acids is 1. The molecule has 0 fully saturated rings. The molecule has 0 unspecified atom stereocenters. The van der Waals surface area contributed by atoms with Gasteiger partial charge in [0.05, 0.1) is 17.7 Å². The Balaban J connectivity index is 3.49. The summed E-state index contributed by atoms with van der Waals surface area (Å²) in [5.41, 5.74) is -3.20. The van der Waals surface area contributed by atoms with E-state index < -0.39 is 33.8 Å². The van der Waals surface area contributed by atoms with Crippen molar-refractivity contribution in [2.24, 2.45) is 5.41 Å². The number of carbonyl (C=O) groups is 1. The first-order valence-corrected chi connectivity index (χ1v) is 6.61. The summed E-state index contributed by atoms with van der Waals surface area (Å²) in [5, 5.41) is 10.9. The van der Waals surface area contributed by atoms with E-state index in [2.05, 4.69) is 0 Å². The second-order valence-electron chi connectivity index (χ2n) is 5.81. The van der Waals surface area contributed by atoms with Crippen molar-refractivity contribution in [2.45, 2.75) is 47.2 Å². The summed E-state index contributed by atoms with van der Waals surface area (Å²) >= 11 is 0. The van der Waals surface area contributed by atoms with Gasteiger partial charge in [-0.2, -0.15) is 0 Å². The van der Waals surface area contributed by atoms with Crippen LogP contribution in [0.3, 0.4) is 0 Å². The highest BCUT2D eigenvalue weighted by Gasteiger charge is 2.26. The molecule has 8 heteroatoms. The molecule has 1 aromatic heterocycles. The van der Waals surface area contributed by atoms with Gasteiger partial charge in [-0.25, -0.2) is 9.36 Å². The predicted octanol–water partition coefficient (Wildman–Crippen LogP) is 0.943. The van der Waals surface area contributed by atoms with E-state index in [0.29, 0.717) is 11.0 Å². The standard InChI is InChI=1S/C13H19N3O5/c1-5-6-14-7-9(16(20)21)11(18)15(12(14)19)8-10(17)13(2,3)4/h7H,5-6,8H2,1-4H3. The van der Waals surface area contributed by atoms with Crippen LogP contribution in [-0.4, -0.2) is 19.8 Å². The number of hydrogen-bond donors (Lipinski definition) is 0. The molecule has 0 saturated heterocycles. The Morgan fingerprint density at radius 3 is 2.33 bits per heavy atom. The summed E-state index contributed by atoms with van der Waals surface area (Å²) in [4.78, 5) is 46.3. The fourth-order valence-electron chi connectivity index (χ4n) is 1.68. The molecule has 0 amide bonds. The van der Waals surface area contributed by atoms with Gasteiger partial charge in [0.15, 0.2) is 5.78 Å². The van der Waals surface area contributed by atoms with Crippen LogP contribution >= 0.6 is 0 Å². The number of ketones is 1. The number of aryl methyl sites for hydroxylation is 1. The molecule has 1 heterocycles. The fourth-order valence-corrected chi connectivity index (χ4v) is 1.68. The lowest BCUT2D eigenvalue weighted by atomic mass is 9.91. The van der Waals surface area contributed by atoms with Gasteiger partial charge in [0.25, 0.3) is 0 Å². The Morgan fingerprint density at radius 2 is 1.90 bits per heavy atom. The lowest BCUT2D eigenvalue weighted by molar-refractivity contribution is -0.387. The smallest absolute Gasteiger partial charge is 0.297 e. The van der Waals surface area contributed by atoms with Gasteiger partial charge >= 0.3 is 16.9 Å². The van der Waals surface area contributed by atoms with Crippen molar-refractivity contribution in [3.8, 4) is 0 Å². The molecule has 1 rings (SSSR count). The normalized spacial score (nSPS) is 11.4. The van der Waals surface area contributed by atoms with E-state index in [4.69, 9.17) is 0 Å². The zero-order valence-corrected chi connectivity index (χ0v) is 12.6. The third-order valence-electron chi connectivity index (χ3n) is 3.02. The molecule has 1 aromatic rings. The average Bonchev–Trinajstić information content (AvgIpc) is 2.36. The van der Waals surface area contributed by atoms with Crippen molar-refractivity contribution in [3.63, 3.8) is 0 Å². The minimum atomic E-state index is -1.05. The van der Waals surface area contributed by atoms with Crippen LogP contribution in [0.2, 0.25) is 0 Å². The number of Topliss-reactive ketones (excluding diaryl/α,β-unsaturated/α-hetero) is 1. The summed E-state index contributed by atoms with van der Waals surface area (Å²) in [7, 11) is 0. The van der Waals surface area contributed by atoms with Gasteiger partial charge in [0, 0.05) is 12.0 Å². The van der Waals surface area contributed by atoms with Crippen molar-refractivity contribution < 1.29 is 9.72 Å². The second kappa shape index (κ2) is 6.02. The molecule has 0 aliphatic carbocycles. The second-order valence-corrected chi connectivity index (χ2v) is 5.81. The van der Waals surface area contributed by atoms with Gasteiger partial charge in [-0.05, 0) is 6.42 Å². The van der Waals surface area contributed by atoms with E-state index in [1.165, 1.54) is 0 Å². The number of nitrogens with zero attached hydrogens (tertiary/aromatic N) is 3. The zero-order valence-electron chi connectivity index (χ0n) is 12.6. The molecule has 0 saturated carbocycles. The molecule has 0 atom stereocenters. The maximum absolute atomic E-state index is 12.2. The van der Waals surface area contributed by atoms with Crippen LogP contribution < -0.4 is 11.2 Å². The minimum absolute atomic E-state index is 0.240. The zero-order chi connectivity index (χ0) is 16.4. The topological polar surface area (TPSA) is 104 Å². The quantitative estimate of drug-likeness (QED) is 0.594. The van der Waals surface area contributed by atoms with Crippen LogP contribution in [0.5, 0.6) is 0 Å². The highest BCUT2D eigenvalue weighted by Crippen LogP contribution is 2.15. The third-order valence-corrected chi connectivity index (χ3v) is 3.02. The fraction of sp³-hybridized carbons (Fsp3) is 0.615. The molecular weight excluding hydrogens is 278 g/mol. The van der Waals surface area contributed by atoms with Crippen molar-refractivity contribution >= 4 is 11.5 Å². The Bertz CT molecular complexity index is 679. The average molecular weight is 297 g/mol. The van der Waals surface area contributed by atoms with Crippen LogP contribution in [0, 0.1) is 15.5 Å². The maximum atomic E-state index is 12.2. The largest absolute Gasteiger partial charge is 0.350 e. The Hall–Kier alpha value is -2.25. The molecule has 0 bridgehead atoms. The summed E-state index contributed by atoms with van der Waals surface area (Å²) in [6.07, 6.45) is 1.51. The molecule has 0 aliphatic heterocycles. The monoisotopic (exact) mass is 297 g/mol. The molecule has 116 valence electrons. The van der Waals surface area contributed by atoms with Crippen LogP contribution in [0.25, 0.3) is 0 Å². The first-order valence-electron chi connectivity index (χ1n) is 6.61. The van der Waals surface area contributed by atoms with Gasteiger partial charge in [-0.15, -0.1) is 0 Å². The summed E-state index contributed by atoms with van der Waals surface area (Å²) < 4.78 is 1.73. The van der Waals surface area contributed by atoms with Crippen LogP contribution in [-0.2, 0) is 17.9 Å². The first-order chi connectivity index (χ1) is 9.59. The molecule has 0 spiro atoms. The van der Waals surface area contributed by atoms with Crippen molar-refractivity contribution in [2.75, 3.05) is 0 Å². The van der Waals surface area contributed by atoms with Gasteiger partial charge in [0.2, 0.25) is 0 Å². The molecule has 0 radical (unpaired) electrons. The number of nitro groups is 1. The van der Waals surface area contributed by atoms with Gasteiger partial charge in [-0.3, -0.25) is 24.3 Å². The molecule has 0 aliphatic rings. The Kier molecular flexibility index (Phi) is 4.82. The van der Waals surface area contributed by atoms with E-state index in [1.54, 1.807) is 27.7 Å². The Labute approximate surface area is 121 Å². The number of aromatic nitrogens is 2. The molecule has 8 nitrogen and oxygen atoms in total. The van der Waals surface area contributed by atoms with Gasteiger partial charge < -0.3 is 0 Å². The van der Waals surface area contributed by atoms with E-state index >= 15 is 0 Å². The molecule has 0 N–H and O–H groups in total. The lowest BCUT2D eigenvalue weighted by Gasteiger charge is -2.17. The van der Waals surface area contributed by atoms with E-state index in [0.717, 1.165) is 10.8 Å². The highest BCUT2D eigenvalue weighted by molar-refractivity contribution is 5.83. The molecular formula is C13H19N3O5. The van der Waals surface area contributed by atoms with Gasteiger partial charge in [-0.1, -0.05) is 27.7 Å². The van der Waals surface area contributed by atoms with Crippen LogP contribution in [0.4, 0.5) is 5.69 Å². The van der Waals surface area contributed by atoms with Crippen molar-refractivity contribution in [3.05, 3.63) is 37.1 Å². The SMILES string of the molecule is CCCn1cc([N+](=O)[O-])c(=O)n(CC(=O)C(C)(C)C)c1=O. The van der Waals surface area contributed by atoms with Crippen LogP contribution in [0.15, 0.2) is 15.8 Å². The summed E-state index contributed by atoms with van der Waals surface area (Å²) in [5.74, 6) is -0.342. The predicted molar refractivity (Wildman–Crippen MR) is 76.4 cm³/mol. The Morgan fingerprint density at radius 1 is 1.33 bits per heavy atom.